The van der Waals surface area contributed by atoms with Gasteiger partial charge in [0.2, 0.25) is 0 Å². The highest BCUT2D eigenvalue weighted by Crippen LogP contribution is 2.47. The highest BCUT2D eigenvalue weighted by atomic mass is 16.3. The number of hydrogen-bond donors (Lipinski definition) is 0. The number of nitrogens with zero attached hydrogens (tertiary/aromatic N) is 1. The lowest BCUT2D eigenvalue weighted by Gasteiger charge is -2.25. The molecular weight excluding hydrogens is 526 g/mol. The Morgan fingerprint density at radius 1 is 0.395 bits per heavy atom. The summed E-state index contributed by atoms with van der Waals surface area (Å²) in [7, 11) is 0. The zero-order valence-corrected chi connectivity index (χ0v) is 23.2. The van der Waals surface area contributed by atoms with Crippen LogP contribution in [0, 0.1) is 0 Å². The van der Waals surface area contributed by atoms with Crippen LogP contribution in [0.2, 0.25) is 0 Å². The molecule has 3 heteroatoms. The van der Waals surface area contributed by atoms with Gasteiger partial charge in [0.1, 0.15) is 11.2 Å². The summed E-state index contributed by atoms with van der Waals surface area (Å²) in [5.74, 6) is 0. The van der Waals surface area contributed by atoms with Gasteiger partial charge in [-0.1, -0.05) is 115 Å². The third-order valence-corrected chi connectivity index (χ3v) is 8.45. The molecule has 2 aromatic heterocycles. The molecule has 43 heavy (non-hydrogen) atoms. The molecule has 2 heterocycles. The van der Waals surface area contributed by atoms with E-state index in [1.165, 1.54) is 21.9 Å². The Morgan fingerprint density at radius 2 is 1.02 bits per heavy atom. The van der Waals surface area contributed by atoms with Crippen molar-refractivity contribution < 1.29 is 8.83 Å². The van der Waals surface area contributed by atoms with Gasteiger partial charge < -0.3 is 13.7 Å². The van der Waals surface area contributed by atoms with Crippen molar-refractivity contribution in [1.82, 2.24) is 0 Å². The molecule has 202 valence electrons. The molecule has 0 unspecified atom stereocenters. The SMILES string of the molecule is c1ccc(-c2cccc3ccc4oc5c(N(c6ccccc6)c6cccc7c6oc6ccccc67)cccc5c4c23)cc1. The van der Waals surface area contributed by atoms with Crippen molar-refractivity contribution in [3.05, 3.63) is 152 Å². The summed E-state index contributed by atoms with van der Waals surface area (Å²) in [6.45, 7) is 0. The summed E-state index contributed by atoms with van der Waals surface area (Å²) in [6, 6.07) is 52.9. The summed E-state index contributed by atoms with van der Waals surface area (Å²) in [5, 5.41) is 6.79. The van der Waals surface area contributed by atoms with Crippen molar-refractivity contribution in [2.75, 3.05) is 4.90 Å². The number of furan rings is 2. The van der Waals surface area contributed by atoms with E-state index in [0.717, 1.165) is 60.9 Å². The Kier molecular flexibility index (Phi) is 5.20. The van der Waals surface area contributed by atoms with Gasteiger partial charge in [-0.15, -0.1) is 0 Å². The molecule has 0 spiro atoms. The van der Waals surface area contributed by atoms with Crippen LogP contribution in [0.1, 0.15) is 0 Å². The standard InChI is InChI=1S/C40H25NO2/c1-3-12-26(13-4-1)29-18-9-14-27-24-25-36-38(37(27)29)32-20-11-22-34(40(32)43-36)41(28-15-5-2-6-16-28)33-21-10-19-31-30-17-7-8-23-35(30)42-39(31)33/h1-25H. The average molecular weight is 552 g/mol. The van der Waals surface area contributed by atoms with Crippen LogP contribution < -0.4 is 4.90 Å². The first-order chi connectivity index (χ1) is 21.3. The molecule has 0 fully saturated rings. The molecule has 0 amide bonds. The third-order valence-electron chi connectivity index (χ3n) is 8.45. The quantitative estimate of drug-likeness (QED) is 0.218. The van der Waals surface area contributed by atoms with Gasteiger partial charge in [-0.25, -0.2) is 0 Å². The van der Waals surface area contributed by atoms with Gasteiger partial charge in [-0.05, 0) is 52.9 Å². The van der Waals surface area contributed by atoms with Crippen LogP contribution in [-0.4, -0.2) is 0 Å². The highest BCUT2D eigenvalue weighted by molar-refractivity contribution is 6.24. The van der Waals surface area contributed by atoms with E-state index in [9.17, 15) is 0 Å². The van der Waals surface area contributed by atoms with Crippen LogP contribution in [0.15, 0.2) is 160 Å². The molecule has 0 atom stereocenters. The van der Waals surface area contributed by atoms with Crippen molar-refractivity contribution in [3.8, 4) is 11.1 Å². The Balaban J connectivity index is 1.37. The van der Waals surface area contributed by atoms with E-state index in [0.29, 0.717) is 0 Å². The van der Waals surface area contributed by atoms with Crippen LogP contribution in [-0.2, 0) is 0 Å². The van der Waals surface area contributed by atoms with Crippen molar-refractivity contribution >= 4 is 71.7 Å². The predicted octanol–water partition coefficient (Wildman–Crippen LogP) is 11.8. The van der Waals surface area contributed by atoms with Gasteiger partial charge in [-0.2, -0.15) is 0 Å². The Labute approximate surface area is 247 Å². The fraction of sp³-hybridized carbons (Fsp3) is 0. The van der Waals surface area contributed by atoms with E-state index >= 15 is 0 Å². The second-order valence-electron chi connectivity index (χ2n) is 10.9. The molecule has 0 aliphatic carbocycles. The van der Waals surface area contributed by atoms with Crippen molar-refractivity contribution in [3.63, 3.8) is 0 Å². The molecule has 3 nitrogen and oxygen atoms in total. The molecule has 9 rings (SSSR count). The monoisotopic (exact) mass is 551 g/mol. The number of rotatable bonds is 4. The Morgan fingerprint density at radius 3 is 1.84 bits per heavy atom. The smallest absolute Gasteiger partial charge is 0.159 e. The van der Waals surface area contributed by atoms with E-state index in [-0.39, 0.29) is 0 Å². The summed E-state index contributed by atoms with van der Waals surface area (Å²) >= 11 is 0. The fourth-order valence-electron chi connectivity index (χ4n) is 6.58. The van der Waals surface area contributed by atoms with Gasteiger partial charge in [0.05, 0.1) is 11.4 Å². The molecule has 0 aliphatic rings. The van der Waals surface area contributed by atoms with Crippen molar-refractivity contribution in [2.24, 2.45) is 0 Å². The molecule has 0 saturated carbocycles. The number of benzene rings is 7. The molecule has 0 saturated heterocycles. The number of anilines is 3. The maximum atomic E-state index is 6.81. The fourth-order valence-corrected chi connectivity index (χ4v) is 6.58. The minimum atomic E-state index is 0.838. The van der Waals surface area contributed by atoms with Crippen LogP contribution in [0.25, 0.3) is 65.8 Å². The number of fused-ring (bicyclic) bond motifs is 8. The van der Waals surface area contributed by atoms with E-state index in [2.05, 4.69) is 138 Å². The van der Waals surface area contributed by atoms with Gasteiger partial charge in [0.25, 0.3) is 0 Å². The van der Waals surface area contributed by atoms with E-state index in [1.54, 1.807) is 0 Å². The second kappa shape index (κ2) is 9.37. The maximum absolute atomic E-state index is 6.81. The molecule has 7 aromatic carbocycles. The van der Waals surface area contributed by atoms with Gasteiger partial charge in [-0.3, -0.25) is 0 Å². The zero-order valence-electron chi connectivity index (χ0n) is 23.2. The lowest BCUT2D eigenvalue weighted by atomic mass is 9.94. The van der Waals surface area contributed by atoms with Gasteiger partial charge in [0, 0.05) is 32.6 Å². The Hall–Kier alpha value is -5.80. The van der Waals surface area contributed by atoms with Crippen LogP contribution in [0.3, 0.4) is 0 Å². The maximum Gasteiger partial charge on any atom is 0.159 e. The second-order valence-corrected chi connectivity index (χ2v) is 10.9. The molecule has 0 radical (unpaired) electrons. The molecule has 0 bridgehead atoms. The normalized spacial score (nSPS) is 11.7. The van der Waals surface area contributed by atoms with Crippen LogP contribution >= 0.6 is 0 Å². The largest absolute Gasteiger partial charge is 0.454 e. The zero-order chi connectivity index (χ0) is 28.3. The molecule has 9 aromatic rings. The van der Waals surface area contributed by atoms with E-state index < -0.39 is 0 Å². The summed E-state index contributed by atoms with van der Waals surface area (Å²) < 4.78 is 13.3. The number of para-hydroxylation sites is 4. The van der Waals surface area contributed by atoms with Crippen molar-refractivity contribution in [1.29, 1.82) is 0 Å². The lowest BCUT2D eigenvalue weighted by molar-refractivity contribution is 0.666. The molecule has 0 aliphatic heterocycles. The van der Waals surface area contributed by atoms with Gasteiger partial charge in [0.15, 0.2) is 11.2 Å². The molecular formula is C40H25NO2. The third kappa shape index (κ3) is 3.62. The lowest BCUT2D eigenvalue weighted by Crippen LogP contribution is -2.10. The van der Waals surface area contributed by atoms with Crippen LogP contribution in [0.4, 0.5) is 17.1 Å². The first-order valence-corrected chi connectivity index (χ1v) is 14.5. The summed E-state index contributed by atoms with van der Waals surface area (Å²) in [5.41, 5.74) is 8.76. The minimum Gasteiger partial charge on any atom is -0.454 e. The minimum absolute atomic E-state index is 0.838. The average Bonchev–Trinajstić information content (AvgIpc) is 3.65. The highest BCUT2D eigenvalue weighted by Gasteiger charge is 2.24. The number of hydrogen-bond acceptors (Lipinski definition) is 3. The Bertz CT molecular complexity index is 2450. The van der Waals surface area contributed by atoms with Crippen molar-refractivity contribution in [2.45, 2.75) is 0 Å². The molecule has 0 N–H and O–H groups in total. The first kappa shape index (κ1) is 23.9. The predicted molar refractivity (Wildman–Crippen MR) is 179 cm³/mol. The van der Waals surface area contributed by atoms with E-state index in [1.807, 2.05) is 18.2 Å². The summed E-state index contributed by atoms with van der Waals surface area (Å²) in [6.07, 6.45) is 0. The van der Waals surface area contributed by atoms with E-state index in [4.69, 9.17) is 8.83 Å². The summed E-state index contributed by atoms with van der Waals surface area (Å²) in [4.78, 5) is 2.26. The first-order valence-electron chi connectivity index (χ1n) is 14.5. The van der Waals surface area contributed by atoms with Crippen LogP contribution in [0.5, 0.6) is 0 Å². The topological polar surface area (TPSA) is 29.5 Å². The van der Waals surface area contributed by atoms with Gasteiger partial charge >= 0.3 is 0 Å².